The van der Waals surface area contributed by atoms with Crippen molar-refractivity contribution in [3.05, 3.63) is 57.8 Å². The lowest BCUT2D eigenvalue weighted by Crippen LogP contribution is -2.27. The van der Waals surface area contributed by atoms with E-state index < -0.39 is 0 Å². The maximum absolute atomic E-state index is 12.0. The molecule has 2 aromatic heterocycles. The second kappa shape index (κ2) is 7.81. The summed E-state index contributed by atoms with van der Waals surface area (Å²) in [6.07, 6.45) is 0.889. The fourth-order valence-electron chi connectivity index (χ4n) is 2.58. The second-order valence-electron chi connectivity index (χ2n) is 5.72. The summed E-state index contributed by atoms with van der Waals surface area (Å²) in [5, 5.41) is 7.12. The van der Waals surface area contributed by atoms with Gasteiger partial charge in [0.15, 0.2) is 0 Å². The summed E-state index contributed by atoms with van der Waals surface area (Å²) in [4.78, 5) is 18.0. The molecule has 0 fully saturated rings. The van der Waals surface area contributed by atoms with E-state index in [1.807, 2.05) is 6.07 Å². The van der Waals surface area contributed by atoms with E-state index >= 15 is 0 Å². The van der Waals surface area contributed by atoms with Crippen molar-refractivity contribution >= 4 is 39.9 Å². The molecule has 3 rings (SSSR count). The Bertz CT molecular complexity index is 844. The van der Waals surface area contributed by atoms with Gasteiger partial charge >= 0.3 is 0 Å². The van der Waals surface area contributed by atoms with Gasteiger partial charge in [-0.1, -0.05) is 36.0 Å². The minimum Gasteiger partial charge on any atom is -0.355 e. The van der Waals surface area contributed by atoms with Gasteiger partial charge in [0.25, 0.3) is 0 Å². The molecule has 0 unspecified atom stereocenters. The van der Waals surface area contributed by atoms with Gasteiger partial charge in [-0.05, 0) is 48.9 Å². The van der Waals surface area contributed by atoms with Crippen LogP contribution in [0.1, 0.15) is 16.0 Å². The van der Waals surface area contributed by atoms with Crippen molar-refractivity contribution in [3.8, 4) is 0 Å². The minimum atomic E-state index is 0.0564. The summed E-state index contributed by atoms with van der Waals surface area (Å²) in [6, 6.07) is 12.4. The zero-order valence-corrected chi connectivity index (χ0v) is 15.5. The highest BCUT2D eigenvalue weighted by molar-refractivity contribution is 7.99. The number of nitrogens with one attached hydrogen (secondary N) is 1. The van der Waals surface area contributed by atoms with E-state index in [1.165, 1.54) is 33.2 Å². The van der Waals surface area contributed by atoms with E-state index in [4.69, 9.17) is 4.98 Å². The first-order valence-corrected chi connectivity index (χ1v) is 9.79. The number of hydrogen-bond acceptors (Lipinski definition) is 4. The van der Waals surface area contributed by atoms with Gasteiger partial charge in [-0.25, -0.2) is 4.98 Å². The number of aryl methyl sites for hydroxylation is 2. The number of para-hydroxylation sites is 1. The smallest absolute Gasteiger partial charge is 0.230 e. The number of nitrogens with zero attached hydrogens (tertiary/aromatic N) is 1. The zero-order valence-electron chi connectivity index (χ0n) is 13.8. The van der Waals surface area contributed by atoms with Crippen LogP contribution in [0.3, 0.4) is 0 Å². The number of thiophene rings is 1. The molecule has 3 aromatic rings. The normalized spacial score (nSPS) is 10.9. The Morgan fingerprint density at radius 1 is 1.21 bits per heavy atom. The molecule has 0 saturated carbocycles. The number of aromatic nitrogens is 1. The molecular formula is C19H20N2OS2. The third kappa shape index (κ3) is 4.16. The quantitative estimate of drug-likeness (QED) is 0.667. The van der Waals surface area contributed by atoms with E-state index in [9.17, 15) is 4.79 Å². The molecule has 0 saturated heterocycles. The van der Waals surface area contributed by atoms with Gasteiger partial charge in [-0.15, -0.1) is 11.3 Å². The van der Waals surface area contributed by atoms with E-state index in [0.717, 1.165) is 17.0 Å². The number of pyridine rings is 1. The van der Waals surface area contributed by atoms with E-state index in [-0.39, 0.29) is 5.91 Å². The van der Waals surface area contributed by atoms with Crippen molar-refractivity contribution in [1.29, 1.82) is 0 Å². The molecule has 0 bridgehead atoms. The van der Waals surface area contributed by atoms with E-state index in [0.29, 0.717) is 12.3 Å². The van der Waals surface area contributed by atoms with Crippen LogP contribution in [0, 0.1) is 13.8 Å². The Hall–Kier alpha value is -1.85. The standard InChI is InChI=1S/C19H20N2OS2/c1-13-5-3-7-16-14(2)11-18(21-19(13)16)24-12-17(22)20-9-8-15-6-4-10-23-15/h3-7,10-11H,8-9,12H2,1-2H3,(H,20,22). The largest absolute Gasteiger partial charge is 0.355 e. The lowest BCUT2D eigenvalue weighted by atomic mass is 10.1. The molecule has 1 amide bonds. The van der Waals surface area contributed by atoms with E-state index in [1.54, 1.807) is 11.3 Å². The van der Waals surface area contributed by atoms with Crippen molar-refractivity contribution in [2.45, 2.75) is 25.3 Å². The van der Waals surface area contributed by atoms with Gasteiger partial charge in [0.2, 0.25) is 5.91 Å². The monoisotopic (exact) mass is 356 g/mol. The molecule has 0 aliphatic carbocycles. The highest BCUT2D eigenvalue weighted by atomic mass is 32.2. The van der Waals surface area contributed by atoms with Gasteiger partial charge in [-0.3, -0.25) is 4.79 Å². The van der Waals surface area contributed by atoms with Crippen LogP contribution in [0.25, 0.3) is 10.9 Å². The number of rotatable bonds is 6. The van der Waals surface area contributed by atoms with Crippen LogP contribution in [0.15, 0.2) is 46.8 Å². The average Bonchev–Trinajstić information content (AvgIpc) is 3.07. The number of hydrogen-bond donors (Lipinski definition) is 1. The average molecular weight is 357 g/mol. The fourth-order valence-corrected chi connectivity index (χ4v) is 4.08. The van der Waals surface area contributed by atoms with Crippen LogP contribution in [-0.2, 0) is 11.2 Å². The molecular weight excluding hydrogens is 336 g/mol. The molecule has 124 valence electrons. The van der Waals surface area contributed by atoms with Crippen LogP contribution in [0.5, 0.6) is 0 Å². The third-order valence-electron chi connectivity index (χ3n) is 3.85. The number of amides is 1. The molecule has 3 nitrogen and oxygen atoms in total. The minimum absolute atomic E-state index is 0.0564. The molecule has 0 aliphatic heterocycles. The summed E-state index contributed by atoms with van der Waals surface area (Å²) in [6.45, 7) is 4.85. The first-order chi connectivity index (χ1) is 11.6. The first-order valence-electron chi connectivity index (χ1n) is 7.92. The van der Waals surface area contributed by atoms with Gasteiger partial charge in [0.1, 0.15) is 0 Å². The second-order valence-corrected chi connectivity index (χ2v) is 7.74. The molecule has 1 aromatic carbocycles. The third-order valence-corrected chi connectivity index (χ3v) is 5.70. The molecule has 24 heavy (non-hydrogen) atoms. The Balaban J connectivity index is 1.57. The Labute approximate surface area is 150 Å². The van der Waals surface area contributed by atoms with Crippen molar-refractivity contribution in [2.24, 2.45) is 0 Å². The Morgan fingerprint density at radius 2 is 2.08 bits per heavy atom. The molecule has 2 heterocycles. The maximum Gasteiger partial charge on any atom is 0.230 e. The Kier molecular flexibility index (Phi) is 5.53. The first kappa shape index (κ1) is 17.0. The molecule has 0 spiro atoms. The van der Waals surface area contributed by atoms with E-state index in [2.05, 4.69) is 54.9 Å². The van der Waals surface area contributed by atoms with Crippen LogP contribution >= 0.6 is 23.1 Å². The highest BCUT2D eigenvalue weighted by Gasteiger charge is 2.08. The SMILES string of the molecule is Cc1cc(SCC(=O)NCCc2cccs2)nc2c(C)cccc12. The van der Waals surface area contributed by atoms with Gasteiger partial charge in [0, 0.05) is 16.8 Å². The summed E-state index contributed by atoms with van der Waals surface area (Å²) in [5.74, 6) is 0.453. The lowest BCUT2D eigenvalue weighted by molar-refractivity contribution is -0.118. The van der Waals surface area contributed by atoms with Gasteiger partial charge in [0.05, 0.1) is 16.3 Å². The molecule has 1 N–H and O–H groups in total. The molecule has 0 atom stereocenters. The maximum atomic E-state index is 12.0. The zero-order chi connectivity index (χ0) is 16.9. The number of thioether (sulfide) groups is 1. The molecule has 0 aliphatic rings. The highest BCUT2D eigenvalue weighted by Crippen LogP contribution is 2.25. The molecule has 0 radical (unpaired) electrons. The summed E-state index contributed by atoms with van der Waals surface area (Å²) >= 11 is 3.22. The lowest BCUT2D eigenvalue weighted by Gasteiger charge is -2.08. The number of carbonyl (C=O) groups is 1. The number of carbonyl (C=O) groups excluding carboxylic acids is 1. The summed E-state index contributed by atoms with van der Waals surface area (Å²) in [5.41, 5.74) is 3.39. The van der Waals surface area contributed by atoms with Crippen molar-refractivity contribution in [2.75, 3.05) is 12.3 Å². The van der Waals surface area contributed by atoms with Crippen LogP contribution in [0.4, 0.5) is 0 Å². The predicted molar refractivity (Wildman–Crippen MR) is 103 cm³/mol. The van der Waals surface area contributed by atoms with Crippen LogP contribution in [-0.4, -0.2) is 23.2 Å². The van der Waals surface area contributed by atoms with Gasteiger partial charge in [-0.2, -0.15) is 0 Å². The van der Waals surface area contributed by atoms with Crippen molar-refractivity contribution in [3.63, 3.8) is 0 Å². The fraction of sp³-hybridized carbons (Fsp3) is 0.263. The number of benzene rings is 1. The Morgan fingerprint density at radius 3 is 2.88 bits per heavy atom. The topological polar surface area (TPSA) is 42.0 Å². The van der Waals surface area contributed by atoms with Crippen molar-refractivity contribution in [1.82, 2.24) is 10.3 Å². The van der Waals surface area contributed by atoms with Crippen molar-refractivity contribution < 1.29 is 4.79 Å². The number of fused-ring (bicyclic) bond motifs is 1. The van der Waals surface area contributed by atoms with Gasteiger partial charge < -0.3 is 5.32 Å². The van der Waals surface area contributed by atoms with Crippen LogP contribution in [0.2, 0.25) is 0 Å². The van der Waals surface area contributed by atoms with Crippen LogP contribution < -0.4 is 5.32 Å². The summed E-state index contributed by atoms with van der Waals surface area (Å²) in [7, 11) is 0. The summed E-state index contributed by atoms with van der Waals surface area (Å²) < 4.78 is 0. The molecule has 5 heteroatoms. The predicted octanol–water partition coefficient (Wildman–Crippen LogP) is 4.36.